The standard InChI is InChI=1S/C23H31ClN2O9.C17H21ClN2O4/c1-9-19(35-22(9)33)23(3,4)18(31)10(2)25-20(32)12-7-11(24)5-6-13(12)26-21-17(30)16(29)15(28)14(8-27)34-21;1-8-14(24-16(8)23)17(3,4)13(21)9(2)20-15(22)11-7-10(18)5-6-12(11)19/h5-7,9-10,14-17,19,21,26-30H,8H2,1-4H3,(H,25,32);5-9,14H,19H2,1-4H3,(H,20,22). The summed E-state index contributed by atoms with van der Waals surface area (Å²) in [5, 5.41) is 48.3. The van der Waals surface area contributed by atoms with Crippen molar-refractivity contribution in [3.8, 4) is 0 Å². The van der Waals surface area contributed by atoms with E-state index in [0.717, 1.165) is 0 Å². The highest BCUT2D eigenvalue weighted by Crippen LogP contribution is 2.39. The van der Waals surface area contributed by atoms with Gasteiger partial charge in [0, 0.05) is 21.4 Å². The summed E-state index contributed by atoms with van der Waals surface area (Å²) in [4.78, 5) is 74.0. The quantitative estimate of drug-likeness (QED) is 0.106. The molecule has 11 unspecified atom stereocenters. The number of cyclic esters (lactones) is 2. The molecule has 0 spiro atoms. The van der Waals surface area contributed by atoms with Crippen molar-refractivity contribution < 1.29 is 63.4 Å². The smallest absolute Gasteiger partial charge is 0.312 e. The molecule has 2 aromatic carbocycles. The Hall–Kier alpha value is -4.36. The molecule has 0 bridgehead atoms. The summed E-state index contributed by atoms with van der Waals surface area (Å²) in [7, 11) is 0. The summed E-state index contributed by atoms with van der Waals surface area (Å²) >= 11 is 12.0. The third kappa shape index (κ3) is 9.99. The van der Waals surface area contributed by atoms with E-state index >= 15 is 0 Å². The van der Waals surface area contributed by atoms with Gasteiger partial charge in [0.05, 0.1) is 52.5 Å². The van der Waals surface area contributed by atoms with Gasteiger partial charge in [-0.05, 0) is 91.8 Å². The van der Waals surface area contributed by atoms with Crippen molar-refractivity contribution in [1.29, 1.82) is 0 Å². The summed E-state index contributed by atoms with van der Waals surface area (Å²) in [6.07, 6.45) is -8.22. The molecule has 0 aliphatic carbocycles. The number of nitrogens with two attached hydrogens (primary N) is 1. The molecule has 324 valence electrons. The highest BCUT2D eigenvalue weighted by atomic mass is 35.5. The number of halogens is 2. The maximum Gasteiger partial charge on any atom is 0.312 e. The van der Waals surface area contributed by atoms with E-state index in [0.29, 0.717) is 5.02 Å². The van der Waals surface area contributed by atoms with Gasteiger partial charge in [0.2, 0.25) is 0 Å². The average Bonchev–Trinajstić information content (AvgIpc) is 3.19. The monoisotopic (exact) mass is 866 g/mol. The number of rotatable bonds is 13. The van der Waals surface area contributed by atoms with Crippen LogP contribution in [0.1, 0.15) is 76.1 Å². The number of nitrogen functional groups attached to an aromatic ring is 1. The van der Waals surface area contributed by atoms with Crippen LogP contribution in [0.2, 0.25) is 10.0 Å². The van der Waals surface area contributed by atoms with Gasteiger partial charge in [-0.25, -0.2) is 0 Å². The number of ether oxygens (including phenoxy) is 3. The van der Waals surface area contributed by atoms with Gasteiger partial charge < -0.3 is 56.3 Å². The minimum Gasteiger partial charge on any atom is -0.460 e. The van der Waals surface area contributed by atoms with Gasteiger partial charge in [0.15, 0.2) is 17.8 Å². The molecule has 2 amide bonds. The second kappa shape index (κ2) is 18.5. The lowest BCUT2D eigenvalue weighted by atomic mass is 9.72. The highest BCUT2D eigenvalue weighted by molar-refractivity contribution is 6.31. The minimum atomic E-state index is -1.61. The molecule has 0 saturated carbocycles. The van der Waals surface area contributed by atoms with Gasteiger partial charge in [-0.1, -0.05) is 23.2 Å². The summed E-state index contributed by atoms with van der Waals surface area (Å²) in [6, 6.07) is 7.13. The van der Waals surface area contributed by atoms with Crippen LogP contribution in [0.3, 0.4) is 0 Å². The van der Waals surface area contributed by atoms with Gasteiger partial charge in [0.25, 0.3) is 11.8 Å². The molecule has 11 atom stereocenters. The Morgan fingerprint density at radius 2 is 1.19 bits per heavy atom. The van der Waals surface area contributed by atoms with Crippen molar-refractivity contribution in [2.75, 3.05) is 17.7 Å². The molecule has 2 aromatic rings. The zero-order chi connectivity index (χ0) is 44.5. The van der Waals surface area contributed by atoms with Crippen LogP contribution < -0.4 is 21.7 Å². The number of hydrogen-bond donors (Lipinski definition) is 8. The third-order valence-electron chi connectivity index (χ3n) is 11.0. The number of anilines is 2. The number of hydrogen-bond acceptors (Lipinski definition) is 15. The first-order valence-electron chi connectivity index (χ1n) is 18.9. The topological polar surface area (TPSA) is 273 Å². The van der Waals surface area contributed by atoms with Crippen LogP contribution in [0.15, 0.2) is 36.4 Å². The van der Waals surface area contributed by atoms with E-state index in [1.165, 1.54) is 37.3 Å². The summed E-state index contributed by atoms with van der Waals surface area (Å²) in [6.45, 7) is 12.6. The zero-order valence-corrected chi connectivity index (χ0v) is 35.3. The van der Waals surface area contributed by atoms with Crippen LogP contribution in [0.4, 0.5) is 11.4 Å². The first kappa shape index (κ1) is 47.3. The van der Waals surface area contributed by atoms with Crippen molar-refractivity contribution in [3.63, 3.8) is 0 Å². The Morgan fingerprint density at radius 3 is 1.63 bits per heavy atom. The Labute approximate surface area is 351 Å². The summed E-state index contributed by atoms with van der Waals surface area (Å²) in [5.41, 5.74) is 4.51. The molecule has 59 heavy (non-hydrogen) atoms. The molecule has 3 aliphatic rings. The normalized spacial score (nSPS) is 27.5. The first-order valence-corrected chi connectivity index (χ1v) is 19.6. The molecule has 17 nitrogen and oxygen atoms in total. The second-order valence-electron chi connectivity index (χ2n) is 16.2. The largest absolute Gasteiger partial charge is 0.460 e. The van der Waals surface area contributed by atoms with Gasteiger partial charge in [-0.2, -0.15) is 0 Å². The second-order valence-corrected chi connectivity index (χ2v) is 17.0. The molecular weight excluding hydrogens is 815 g/mol. The fourth-order valence-electron chi connectivity index (χ4n) is 7.32. The molecule has 3 heterocycles. The van der Waals surface area contributed by atoms with Crippen molar-refractivity contribution in [2.45, 2.75) is 110 Å². The van der Waals surface area contributed by atoms with Crippen molar-refractivity contribution in [2.24, 2.45) is 22.7 Å². The van der Waals surface area contributed by atoms with Crippen LogP contribution >= 0.6 is 23.2 Å². The molecule has 0 radical (unpaired) electrons. The Morgan fingerprint density at radius 1 is 0.746 bits per heavy atom. The number of nitrogens with one attached hydrogen (secondary N) is 3. The molecule has 3 fully saturated rings. The highest BCUT2D eigenvalue weighted by Gasteiger charge is 2.54. The number of aliphatic hydroxyl groups excluding tert-OH is 4. The molecule has 19 heteroatoms. The molecule has 3 aliphatic heterocycles. The number of amides is 2. The van der Waals surface area contributed by atoms with Crippen molar-refractivity contribution >= 4 is 69.9 Å². The van der Waals surface area contributed by atoms with Gasteiger partial charge >= 0.3 is 11.9 Å². The van der Waals surface area contributed by atoms with Crippen LogP contribution in [0.25, 0.3) is 0 Å². The van der Waals surface area contributed by atoms with E-state index < -0.39 is 90.1 Å². The van der Waals surface area contributed by atoms with Crippen LogP contribution in [0.5, 0.6) is 0 Å². The SMILES string of the molecule is CC(NC(=O)c1cc(Cl)ccc1N)C(=O)C(C)(C)C1OC(=O)C1C.CC(NC(=O)c1cc(Cl)ccc1NC1OC(CO)C(O)C(O)C1O)C(=O)C(C)(C)C1OC(=O)C1C. The van der Waals surface area contributed by atoms with Crippen molar-refractivity contribution in [1.82, 2.24) is 10.6 Å². The van der Waals surface area contributed by atoms with E-state index in [1.54, 1.807) is 54.5 Å². The zero-order valence-electron chi connectivity index (χ0n) is 33.8. The van der Waals surface area contributed by atoms with Gasteiger partial charge in [-0.3, -0.25) is 28.8 Å². The fourth-order valence-corrected chi connectivity index (χ4v) is 7.67. The minimum absolute atomic E-state index is 0.0235. The lowest BCUT2D eigenvalue weighted by Gasteiger charge is -2.43. The van der Waals surface area contributed by atoms with Crippen LogP contribution in [-0.2, 0) is 33.4 Å². The summed E-state index contributed by atoms with van der Waals surface area (Å²) < 4.78 is 15.7. The maximum absolute atomic E-state index is 13.1. The molecular formula is C40H52Cl2N4O13. The van der Waals surface area contributed by atoms with E-state index in [1.807, 2.05) is 0 Å². The van der Waals surface area contributed by atoms with Crippen LogP contribution in [-0.4, -0.2) is 117 Å². The van der Waals surface area contributed by atoms with E-state index in [-0.39, 0.29) is 56.9 Å². The van der Waals surface area contributed by atoms with E-state index in [2.05, 4.69) is 16.0 Å². The first-order chi connectivity index (χ1) is 27.3. The average molecular weight is 868 g/mol. The van der Waals surface area contributed by atoms with Crippen molar-refractivity contribution in [3.05, 3.63) is 57.6 Å². The van der Waals surface area contributed by atoms with E-state index in [9.17, 15) is 49.2 Å². The maximum atomic E-state index is 13.1. The Bertz CT molecular complexity index is 1960. The number of esters is 2. The molecule has 5 rings (SSSR count). The van der Waals surface area contributed by atoms with Gasteiger partial charge in [0.1, 0.15) is 36.6 Å². The van der Waals surface area contributed by atoms with E-state index in [4.69, 9.17) is 43.1 Å². The fraction of sp³-hybridized carbons (Fsp3) is 0.550. The van der Waals surface area contributed by atoms with Gasteiger partial charge in [-0.15, -0.1) is 0 Å². The number of carbonyl (C=O) groups excluding carboxylic acids is 6. The number of ketones is 2. The number of aliphatic hydroxyl groups is 4. The lowest BCUT2D eigenvalue weighted by Crippen LogP contribution is -2.60. The number of Topliss-reactive ketones (excluding diaryl/α,β-unsaturated/α-hetero) is 2. The predicted molar refractivity (Wildman–Crippen MR) is 214 cm³/mol. The molecule has 3 saturated heterocycles. The van der Waals surface area contributed by atoms with Crippen LogP contribution in [0, 0.1) is 22.7 Å². The predicted octanol–water partition coefficient (Wildman–Crippen LogP) is 2.02. The summed E-state index contributed by atoms with van der Waals surface area (Å²) in [5.74, 6) is -3.16. The Kier molecular flexibility index (Phi) is 14.8. The Balaban J connectivity index is 0.000000280. The third-order valence-corrected chi connectivity index (χ3v) is 11.5. The molecule has 0 aromatic heterocycles. The lowest BCUT2D eigenvalue weighted by molar-refractivity contribution is -0.221. The molecule has 9 N–H and O–H groups in total. The number of benzene rings is 2. The number of carbonyl (C=O) groups is 6.